The van der Waals surface area contributed by atoms with Gasteiger partial charge < -0.3 is 20.9 Å². The lowest BCUT2D eigenvalue weighted by Crippen LogP contribution is -2.43. The van der Waals surface area contributed by atoms with Gasteiger partial charge in [0.1, 0.15) is 0 Å². The zero-order valence-corrected chi connectivity index (χ0v) is 21.9. The first kappa shape index (κ1) is 34.2. The molecule has 2 atom stereocenters. The van der Waals surface area contributed by atoms with Gasteiger partial charge in [0.05, 0.1) is 6.61 Å². The highest BCUT2D eigenvalue weighted by atomic mass is 16.3. The van der Waals surface area contributed by atoms with E-state index in [1.807, 2.05) is 13.8 Å². The lowest BCUT2D eigenvalue weighted by molar-refractivity contribution is 0.149. The smallest absolute Gasteiger partial charge is 0.0540 e. The van der Waals surface area contributed by atoms with E-state index in [0.717, 1.165) is 38.3 Å². The highest BCUT2D eigenvalue weighted by molar-refractivity contribution is 5.85. The molecule has 4 nitrogen and oxygen atoms in total. The summed E-state index contributed by atoms with van der Waals surface area (Å²) in [5.41, 5.74) is 0.423. The van der Waals surface area contributed by atoms with Gasteiger partial charge in [0.25, 0.3) is 0 Å². The maximum absolute atomic E-state index is 9.14. The van der Waals surface area contributed by atoms with Crippen LogP contribution in [0.25, 0.3) is 0 Å². The Bertz CT molecular complexity index is 334. The van der Waals surface area contributed by atoms with Crippen LogP contribution in [0.1, 0.15) is 120 Å². The second kappa shape index (κ2) is 24.8. The van der Waals surface area contributed by atoms with Gasteiger partial charge in [-0.05, 0) is 51.1 Å². The Morgan fingerprint density at radius 2 is 1.43 bits per heavy atom. The second-order valence-corrected chi connectivity index (χ2v) is 8.58. The third-order valence-corrected chi connectivity index (χ3v) is 6.13. The standard InChI is InChI=1S/C9H20O.C8H16N2O.C7H16.C2H6/c1-4-8(3)6-9(5-2)7-10;1-7(9)8(6-11)2-4-10-5-3-8;1-3-5-7-6-4-2;1-2/h8-10H,4-7H2,1-3H3;9-11H,2-6H2,1H3;3-7H2,1-2H3;1-2H3. The number of rotatable bonds is 11. The number of nitrogens with one attached hydrogen (secondary N) is 2. The largest absolute Gasteiger partial charge is 0.396 e. The highest BCUT2D eigenvalue weighted by Crippen LogP contribution is 2.28. The molecule has 0 radical (unpaired) electrons. The van der Waals surface area contributed by atoms with Crippen LogP contribution in [-0.2, 0) is 0 Å². The highest BCUT2D eigenvalue weighted by Gasteiger charge is 2.33. The maximum atomic E-state index is 9.14. The normalized spacial score (nSPS) is 16.5. The minimum absolute atomic E-state index is 0.129. The van der Waals surface area contributed by atoms with Gasteiger partial charge in [-0.25, -0.2) is 0 Å². The van der Waals surface area contributed by atoms with Gasteiger partial charge in [-0.2, -0.15) is 0 Å². The first-order valence-electron chi connectivity index (χ1n) is 12.8. The molecule has 4 N–H and O–H groups in total. The summed E-state index contributed by atoms with van der Waals surface area (Å²) in [7, 11) is 0. The number of piperidine rings is 1. The third kappa shape index (κ3) is 18.3. The van der Waals surface area contributed by atoms with Crippen molar-refractivity contribution in [3.8, 4) is 0 Å². The van der Waals surface area contributed by atoms with Crippen molar-refractivity contribution in [3.05, 3.63) is 0 Å². The summed E-state index contributed by atoms with van der Waals surface area (Å²) in [6, 6.07) is 0. The van der Waals surface area contributed by atoms with Crippen LogP contribution in [0.5, 0.6) is 0 Å². The van der Waals surface area contributed by atoms with Crippen LogP contribution in [0.4, 0.5) is 0 Å². The molecule has 1 rings (SSSR count). The zero-order valence-electron chi connectivity index (χ0n) is 21.9. The molecule has 1 saturated heterocycles. The van der Waals surface area contributed by atoms with Crippen molar-refractivity contribution in [2.75, 3.05) is 26.3 Å². The van der Waals surface area contributed by atoms with Crippen molar-refractivity contribution < 1.29 is 10.2 Å². The maximum Gasteiger partial charge on any atom is 0.0540 e. The Morgan fingerprint density at radius 1 is 0.933 bits per heavy atom. The van der Waals surface area contributed by atoms with Crippen LogP contribution in [0.15, 0.2) is 0 Å². The zero-order chi connectivity index (χ0) is 23.8. The minimum atomic E-state index is -0.203. The number of aliphatic hydroxyl groups is 2. The topological polar surface area (TPSA) is 76.3 Å². The van der Waals surface area contributed by atoms with Crippen molar-refractivity contribution >= 4 is 5.71 Å². The van der Waals surface area contributed by atoms with E-state index >= 15 is 0 Å². The fourth-order valence-electron chi connectivity index (χ4n) is 3.34. The molecule has 2 unspecified atom stereocenters. The molecule has 184 valence electrons. The summed E-state index contributed by atoms with van der Waals surface area (Å²) in [5, 5.41) is 28.8. The van der Waals surface area contributed by atoms with Gasteiger partial charge in [-0.15, -0.1) is 0 Å². The Hall–Kier alpha value is -0.450. The van der Waals surface area contributed by atoms with Gasteiger partial charge in [0, 0.05) is 17.7 Å². The van der Waals surface area contributed by atoms with E-state index < -0.39 is 0 Å². The first-order valence-corrected chi connectivity index (χ1v) is 12.8. The number of hydrogen-bond donors (Lipinski definition) is 4. The molecule has 0 aromatic rings. The predicted octanol–water partition coefficient (Wildman–Crippen LogP) is 6.83. The molecule has 1 fully saturated rings. The van der Waals surface area contributed by atoms with E-state index in [9.17, 15) is 0 Å². The van der Waals surface area contributed by atoms with Crippen molar-refractivity contribution in [3.63, 3.8) is 0 Å². The lowest BCUT2D eigenvalue weighted by Gasteiger charge is -2.35. The van der Waals surface area contributed by atoms with Crippen LogP contribution >= 0.6 is 0 Å². The van der Waals surface area contributed by atoms with E-state index in [0.29, 0.717) is 18.2 Å². The van der Waals surface area contributed by atoms with Crippen LogP contribution in [0.3, 0.4) is 0 Å². The van der Waals surface area contributed by atoms with Gasteiger partial charge in [0.2, 0.25) is 0 Å². The Kier molecular flexibility index (Phi) is 28.3. The Morgan fingerprint density at radius 3 is 1.70 bits per heavy atom. The first-order chi connectivity index (χ1) is 14.4. The monoisotopic (exact) mass is 430 g/mol. The summed E-state index contributed by atoms with van der Waals surface area (Å²) in [4.78, 5) is 0. The van der Waals surface area contributed by atoms with Gasteiger partial charge in [-0.3, -0.25) is 0 Å². The van der Waals surface area contributed by atoms with Crippen LogP contribution in [0.2, 0.25) is 0 Å². The van der Waals surface area contributed by atoms with E-state index in [1.54, 1.807) is 6.92 Å². The van der Waals surface area contributed by atoms with Crippen molar-refractivity contribution in [1.29, 1.82) is 5.41 Å². The summed E-state index contributed by atoms with van der Waals surface area (Å²) in [6.07, 6.45) is 12.3. The Labute approximate surface area is 190 Å². The molecule has 1 aliphatic heterocycles. The number of unbranched alkanes of at least 4 members (excludes halogenated alkanes) is 4. The number of aliphatic hydroxyl groups excluding tert-OH is 2. The number of hydrogen-bond acceptors (Lipinski definition) is 4. The molecule has 0 aromatic carbocycles. The minimum Gasteiger partial charge on any atom is -0.396 e. The van der Waals surface area contributed by atoms with E-state index in [1.165, 1.54) is 44.9 Å². The average molecular weight is 431 g/mol. The van der Waals surface area contributed by atoms with Gasteiger partial charge >= 0.3 is 0 Å². The summed E-state index contributed by atoms with van der Waals surface area (Å²) < 4.78 is 0. The van der Waals surface area contributed by atoms with E-state index in [-0.39, 0.29) is 12.0 Å². The lowest BCUT2D eigenvalue weighted by atomic mass is 9.76. The molecule has 0 bridgehead atoms. The summed E-state index contributed by atoms with van der Waals surface area (Å²) in [5.74, 6) is 1.31. The summed E-state index contributed by atoms with van der Waals surface area (Å²) >= 11 is 0. The molecule has 1 heterocycles. The van der Waals surface area contributed by atoms with Gasteiger partial charge in [-0.1, -0.05) is 93.4 Å². The van der Waals surface area contributed by atoms with Crippen molar-refractivity contribution in [2.45, 2.75) is 120 Å². The molecular weight excluding hydrogens is 372 g/mol. The molecule has 0 amide bonds. The SMILES string of the molecule is CC.CC(=N)C1(CO)CCNCC1.CCC(C)CC(CC)CO.CCCCCCC. The van der Waals surface area contributed by atoms with Crippen molar-refractivity contribution in [2.24, 2.45) is 17.3 Å². The molecule has 0 spiro atoms. The quantitative estimate of drug-likeness (QED) is 0.214. The van der Waals surface area contributed by atoms with E-state index in [4.69, 9.17) is 15.6 Å². The predicted molar refractivity (Wildman–Crippen MR) is 136 cm³/mol. The molecule has 4 heteroatoms. The molecular formula is C26H58N2O2. The van der Waals surface area contributed by atoms with E-state index in [2.05, 4.69) is 39.9 Å². The average Bonchev–Trinajstić information content (AvgIpc) is 2.80. The molecule has 1 aliphatic rings. The van der Waals surface area contributed by atoms with Crippen LogP contribution in [-0.4, -0.2) is 42.2 Å². The molecule has 0 aromatic heterocycles. The fraction of sp³-hybridized carbons (Fsp3) is 0.962. The van der Waals surface area contributed by atoms with Crippen LogP contribution in [0, 0.1) is 22.7 Å². The summed E-state index contributed by atoms with van der Waals surface area (Å²) in [6.45, 7) is 19.2. The van der Waals surface area contributed by atoms with Crippen molar-refractivity contribution in [1.82, 2.24) is 5.32 Å². The van der Waals surface area contributed by atoms with Crippen LogP contribution < -0.4 is 5.32 Å². The molecule has 30 heavy (non-hydrogen) atoms. The molecule has 0 saturated carbocycles. The molecule has 0 aliphatic carbocycles. The fourth-order valence-corrected chi connectivity index (χ4v) is 3.34. The third-order valence-electron chi connectivity index (χ3n) is 6.13. The van der Waals surface area contributed by atoms with Gasteiger partial charge in [0.15, 0.2) is 0 Å². The Balaban J connectivity index is -0.000000358. The second-order valence-electron chi connectivity index (χ2n) is 8.58.